The quantitative estimate of drug-likeness (QED) is 0.844. The molecule has 0 bridgehead atoms. The summed E-state index contributed by atoms with van der Waals surface area (Å²) in [5.74, 6) is 0.628. The van der Waals surface area contributed by atoms with Gasteiger partial charge in [0.2, 0.25) is 0 Å². The lowest BCUT2D eigenvalue weighted by Gasteiger charge is -2.11. The van der Waals surface area contributed by atoms with Gasteiger partial charge in [-0.2, -0.15) is 0 Å². The Labute approximate surface area is 112 Å². The molecule has 0 aliphatic rings. The van der Waals surface area contributed by atoms with Gasteiger partial charge < -0.3 is 10.5 Å². The predicted molar refractivity (Wildman–Crippen MR) is 76.1 cm³/mol. The molecule has 0 spiro atoms. The van der Waals surface area contributed by atoms with Crippen LogP contribution in [0.3, 0.4) is 0 Å². The fourth-order valence-corrected chi connectivity index (χ4v) is 1.91. The third-order valence-electron chi connectivity index (χ3n) is 2.86. The first-order valence-electron chi connectivity index (χ1n) is 5.80. The molecule has 0 fully saturated rings. The van der Waals surface area contributed by atoms with Crippen LogP contribution in [0.15, 0.2) is 36.4 Å². The Morgan fingerprint density at radius 1 is 1.11 bits per heavy atom. The third kappa shape index (κ3) is 2.96. The van der Waals surface area contributed by atoms with E-state index in [9.17, 15) is 0 Å². The van der Waals surface area contributed by atoms with Crippen LogP contribution in [-0.2, 0) is 6.61 Å². The summed E-state index contributed by atoms with van der Waals surface area (Å²) in [6, 6.07) is 11.5. The van der Waals surface area contributed by atoms with E-state index < -0.39 is 0 Å². The van der Waals surface area contributed by atoms with Crippen molar-refractivity contribution >= 4 is 17.3 Å². The van der Waals surface area contributed by atoms with E-state index in [0.717, 1.165) is 5.56 Å². The van der Waals surface area contributed by atoms with Crippen LogP contribution in [0, 0.1) is 13.8 Å². The second-order valence-corrected chi connectivity index (χ2v) is 4.84. The molecular formula is C15H16ClNO. The Bertz CT molecular complexity index is 515. The molecule has 0 aliphatic heterocycles. The number of anilines is 1. The Morgan fingerprint density at radius 2 is 1.89 bits per heavy atom. The summed E-state index contributed by atoms with van der Waals surface area (Å²) >= 11 is 5.92. The number of benzene rings is 2. The summed E-state index contributed by atoms with van der Waals surface area (Å²) < 4.78 is 5.73. The average molecular weight is 262 g/mol. The van der Waals surface area contributed by atoms with Crippen LogP contribution in [0.4, 0.5) is 5.69 Å². The number of nitrogens with two attached hydrogens (primary N) is 1. The van der Waals surface area contributed by atoms with Gasteiger partial charge in [-0.3, -0.25) is 0 Å². The molecule has 2 nitrogen and oxygen atoms in total. The standard InChI is InChI=1S/C15H16ClNO/c1-10-3-4-11(2)12(7-10)9-18-15-8-13(16)5-6-14(15)17/h3-8H,9,17H2,1-2H3. The van der Waals surface area contributed by atoms with Gasteiger partial charge in [-0.05, 0) is 37.1 Å². The highest BCUT2D eigenvalue weighted by atomic mass is 35.5. The van der Waals surface area contributed by atoms with Gasteiger partial charge in [0.25, 0.3) is 0 Å². The van der Waals surface area contributed by atoms with Gasteiger partial charge in [0, 0.05) is 11.1 Å². The second kappa shape index (κ2) is 5.32. The van der Waals surface area contributed by atoms with Gasteiger partial charge in [-0.15, -0.1) is 0 Å². The predicted octanol–water partition coefficient (Wildman–Crippen LogP) is 4.12. The molecule has 2 aromatic carbocycles. The van der Waals surface area contributed by atoms with Crippen molar-refractivity contribution < 1.29 is 4.74 Å². The topological polar surface area (TPSA) is 35.2 Å². The first-order valence-corrected chi connectivity index (χ1v) is 6.18. The molecule has 0 radical (unpaired) electrons. The number of hydrogen-bond donors (Lipinski definition) is 1. The maximum absolute atomic E-state index is 5.92. The molecule has 0 saturated heterocycles. The van der Waals surface area contributed by atoms with E-state index in [2.05, 4.69) is 32.0 Å². The summed E-state index contributed by atoms with van der Waals surface area (Å²) in [7, 11) is 0. The summed E-state index contributed by atoms with van der Waals surface area (Å²) in [5, 5.41) is 0.625. The molecule has 0 amide bonds. The van der Waals surface area contributed by atoms with Crippen molar-refractivity contribution in [1.82, 2.24) is 0 Å². The molecule has 94 valence electrons. The van der Waals surface area contributed by atoms with Gasteiger partial charge in [0.1, 0.15) is 12.4 Å². The van der Waals surface area contributed by atoms with Gasteiger partial charge >= 0.3 is 0 Å². The van der Waals surface area contributed by atoms with Crippen LogP contribution in [0.1, 0.15) is 16.7 Å². The third-order valence-corrected chi connectivity index (χ3v) is 3.10. The van der Waals surface area contributed by atoms with E-state index in [1.54, 1.807) is 18.2 Å². The maximum atomic E-state index is 5.92. The van der Waals surface area contributed by atoms with Gasteiger partial charge in [-0.1, -0.05) is 35.4 Å². The Hall–Kier alpha value is -1.67. The normalized spacial score (nSPS) is 10.4. The van der Waals surface area contributed by atoms with Crippen molar-refractivity contribution in [2.75, 3.05) is 5.73 Å². The minimum Gasteiger partial charge on any atom is -0.487 e. The molecule has 0 unspecified atom stereocenters. The molecule has 2 aromatic rings. The maximum Gasteiger partial charge on any atom is 0.144 e. The molecule has 18 heavy (non-hydrogen) atoms. The van der Waals surface area contributed by atoms with E-state index in [1.165, 1.54) is 11.1 Å². The largest absolute Gasteiger partial charge is 0.487 e. The highest BCUT2D eigenvalue weighted by molar-refractivity contribution is 6.30. The van der Waals surface area contributed by atoms with Crippen molar-refractivity contribution in [2.45, 2.75) is 20.5 Å². The Kier molecular flexibility index (Phi) is 3.78. The van der Waals surface area contributed by atoms with Crippen molar-refractivity contribution in [1.29, 1.82) is 0 Å². The zero-order valence-electron chi connectivity index (χ0n) is 10.5. The van der Waals surface area contributed by atoms with Crippen LogP contribution >= 0.6 is 11.6 Å². The lowest BCUT2D eigenvalue weighted by Crippen LogP contribution is -2.00. The lowest BCUT2D eigenvalue weighted by atomic mass is 10.1. The van der Waals surface area contributed by atoms with Crippen LogP contribution in [-0.4, -0.2) is 0 Å². The van der Waals surface area contributed by atoms with E-state index in [4.69, 9.17) is 22.1 Å². The first-order chi connectivity index (χ1) is 8.56. The van der Waals surface area contributed by atoms with Crippen LogP contribution in [0.5, 0.6) is 5.75 Å². The smallest absolute Gasteiger partial charge is 0.144 e. The van der Waals surface area contributed by atoms with E-state index in [1.807, 2.05) is 0 Å². The molecule has 0 atom stereocenters. The van der Waals surface area contributed by atoms with Crippen molar-refractivity contribution in [3.05, 3.63) is 58.1 Å². The molecule has 3 heteroatoms. The molecule has 0 heterocycles. The highest BCUT2D eigenvalue weighted by Crippen LogP contribution is 2.26. The Morgan fingerprint density at radius 3 is 2.67 bits per heavy atom. The summed E-state index contributed by atoms with van der Waals surface area (Å²) in [6.07, 6.45) is 0. The molecule has 0 saturated carbocycles. The number of aryl methyl sites for hydroxylation is 2. The molecular weight excluding hydrogens is 246 g/mol. The second-order valence-electron chi connectivity index (χ2n) is 4.40. The highest BCUT2D eigenvalue weighted by Gasteiger charge is 2.04. The molecule has 0 aliphatic carbocycles. The lowest BCUT2D eigenvalue weighted by molar-refractivity contribution is 0.307. The Balaban J connectivity index is 2.16. The van der Waals surface area contributed by atoms with Crippen LogP contribution in [0.2, 0.25) is 5.02 Å². The van der Waals surface area contributed by atoms with E-state index >= 15 is 0 Å². The minimum absolute atomic E-state index is 0.498. The number of halogens is 1. The number of rotatable bonds is 3. The van der Waals surface area contributed by atoms with Gasteiger partial charge in [0.05, 0.1) is 5.69 Å². The monoisotopic (exact) mass is 261 g/mol. The summed E-state index contributed by atoms with van der Waals surface area (Å²) in [6.45, 7) is 4.63. The minimum atomic E-state index is 0.498. The molecule has 2 N–H and O–H groups in total. The van der Waals surface area contributed by atoms with Crippen molar-refractivity contribution in [3.8, 4) is 5.75 Å². The first kappa shape index (κ1) is 12.8. The number of ether oxygens (including phenoxy) is 1. The van der Waals surface area contributed by atoms with E-state index in [-0.39, 0.29) is 0 Å². The zero-order valence-corrected chi connectivity index (χ0v) is 11.3. The fourth-order valence-electron chi connectivity index (χ4n) is 1.74. The van der Waals surface area contributed by atoms with E-state index in [0.29, 0.717) is 23.1 Å². The van der Waals surface area contributed by atoms with Crippen LogP contribution in [0.25, 0.3) is 0 Å². The summed E-state index contributed by atoms with van der Waals surface area (Å²) in [5.41, 5.74) is 10.0. The fraction of sp³-hybridized carbons (Fsp3) is 0.200. The SMILES string of the molecule is Cc1ccc(C)c(COc2cc(Cl)ccc2N)c1. The van der Waals surface area contributed by atoms with Gasteiger partial charge in [0.15, 0.2) is 0 Å². The summed E-state index contributed by atoms with van der Waals surface area (Å²) in [4.78, 5) is 0. The number of nitrogen functional groups attached to an aromatic ring is 1. The average Bonchev–Trinajstić information content (AvgIpc) is 2.34. The zero-order chi connectivity index (χ0) is 13.1. The van der Waals surface area contributed by atoms with Crippen LogP contribution < -0.4 is 10.5 Å². The number of hydrogen-bond acceptors (Lipinski definition) is 2. The molecule has 0 aromatic heterocycles. The van der Waals surface area contributed by atoms with Crippen molar-refractivity contribution in [2.24, 2.45) is 0 Å². The molecule has 2 rings (SSSR count). The van der Waals surface area contributed by atoms with Gasteiger partial charge in [-0.25, -0.2) is 0 Å². The van der Waals surface area contributed by atoms with Crippen molar-refractivity contribution in [3.63, 3.8) is 0 Å².